The number of unbranched alkanes of at least 4 members (excludes halogenated alkanes) is 13. The molecule has 0 spiro atoms. The second-order valence-corrected chi connectivity index (χ2v) is 13.1. The molecule has 0 rings (SSSR count). The van der Waals surface area contributed by atoms with Gasteiger partial charge in [-0.2, -0.15) is 8.42 Å². The van der Waals surface area contributed by atoms with E-state index in [4.69, 9.17) is 0 Å². The van der Waals surface area contributed by atoms with Crippen LogP contribution in [0.5, 0.6) is 0 Å². The Labute approximate surface area is 269 Å². The summed E-state index contributed by atoms with van der Waals surface area (Å²) in [5.41, 5.74) is 0. The molecule has 44 heavy (non-hydrogen) atoms. The first-order valence-corrected chi connectivity index (χ1v) is 18.7. The smallest absolute Gasteiger partial charge is 0.267 e. The van der Waals surface area contributed by atoms with E-state index in [9.17, 15) is 28.0 Å². The van der Waals surface area contributed by atoms with Crippen LogP contribution in [0.15, 0.2) is 60.8 Å². The Balaban J connectivity index is 4.30. The third-order valence-electron chi connectivity index (χ3n) is 7.28. The van der Waals surface area contributed by atoms with Crippen LogP contribution in [0.25, 0.3) is 0 Å². The zero-order valence-electron chi connectivity index (χ0n) is 27.6. The minimum atomic E-state index is -4.45. The molecule has 7 nitrogen and oxygen atoms in total. The van der Waals surface area contributed by atoms with E-state index in [-0.39, 0.29) is 6.42 Å². The van der Waals surface area contributed by atoms with Crippen LogP contribution in [0.3, 0.4) is 0 Å². The minimum Gasteiger partial charge on any atom is -0.387 e. The molecule has 4 N–H and O–H groups in total. The molecule has 0 aromatic rings. The van der Waals surface area contributed by atoms with Crippen LogP contribution in [0.4, 0.5) is 0 Å². The molecule has 0 aromatic heterocycles. The Morgan fingerprint density at radius 2 is 1.09 bits per heavy atom. The number of carbonyl (C=O) groups excluding carboxylic acids is 1. The first-order chi connectivity index (χ1) is 21.2. The number of allylic oxidation sites excluding steroid dienone is 9. The summed E-state index contributed by atoms with van der Waals surface area (Å²) in [5, 5.41) is 23.2. The van der Waals surface area contributed by atoms with Gasteiger partial charge in [0.2, 0.25) is 5.91 Å². The summed E-state index contributed by atoms with van der Waals surface area (Å²) < 4.78 is 32.3. The van der Waals surface area contributed by atoms with Gasteiger partial charge in [0.25, 0.3) is 10.1 Å². The van der Waals surface area contributed by atoms with Crippen molar-refractivity contribution in [2.24, 2.45) is 0 Å². The molecule has 0 aliphatic rings. The fourth-order valence-electron chi connectivity index (χ4n) is 4.59. The van der Waals surface area contributed by atoms with E-state index in [1.165, 1.54) is 44.6 Å². The molecule has 8 heteroatoms. The third kappa shape index (κ3) is 28.8. The van der Waals surface area contributed by atoms with Gasteiger partial charge in [0.1, 0.15) is 6.10 Å². The molecular formula is C36H63NO6S. The standard InChI is InChI=1S/C36H63NO6S/c1-3-5-7-9-11-13-15-17-19-21-23-25-27-29-31-35(39)36(40)37-33(32-44(41,42)43)34(38)30-28-26-24-22-20-18-16-14-12-10-8-6-4-2/h11-15,17,20,22,28,30,33-35,38-39H,3-10,16,18-19,21,23-27,29,31-32H2,1-2H3,(H,37,40)(H,41,42,43)/b13-11-,14-12+,17-15-,22-20+,30-28+. The second kappa shape index (κ2) is 29.7. The first kappa shape index (κ1) is 42.0. The molecule has 0 saturated heterocycles. The van der Waals surface area contributed by atoms with Crippen molar-refractivity contribution in [3.63, 3.8) is 0 Å². The zero-order chi connectivity index (χ0) is 32.7. The Bertz CT molecular complexity index is 938. The summed E-state index contributed by atoms with van der Waals surface area (Å²) >= 11 is 0. The molecule has 0 heterocycles. The summed E-state index contributed by atoms with van der Waals surface area (Å²) in [7, 11) is -4.45. The molecule has 0 aliphatic heterocycles. The quantitative estimate of drug-likeness (QED) is 0.0283. The highest BCUT2D eigenvalue weighted by molar-refractivity contribution is 7.85. The van der Waals surface area contributed by atoms with Gasteiger partial charge >= 0.3 is 0 Å². The predicted octanol–water partition coefficient (Wildman–Crippen LogP) is 8.31. The number of nitrogens with one attached hydrogen (secondary N) is 1. The van der Waals surface area contributed by atoms with Gasteiger partial charge < -0.3 is 15.5 Å². The maximum absolute atomic E-state index is 12.5. The van der Waals surface area contributed by atoms with Crippen molar-refractivity contribution in [3.8, 4) is 0 Å². The van der Waals surface area contributed by atoms with Gasteiger partial charge in [-0.15, -0.1) is 0 Å². The lowest BCUT2D eigenvalue weighted by Gasteiger charge is -2.22. The van der Waals surface area contributed by atoms with Crippen LogP contribution < -0.4 is 5.32 Å². The molecule has 3 atom stereocenters. The third-order valence-corrected chi connectivity index (χ3v) is 8.06. The first-order valence-electron chi connectivity index (χ1n) is 17.1. The van der Waals surface area contributed by atoms with Gasteiger partial charge in [0.05, 0.1) is 17.9 Å². The van der Waals surface area contributed by atoms with Crippen LogP contribution in [-0.2, 0) is 14.9 Å². The number of carbonyl (C=O) groups is 1. The molecule has 254 valence electrons. The number of aliphatic hydroxyl groups excluding tert-OH is 2. The molecule has 0 aliphatic carbocycles. The monoisotopic (exact) mass is 637 g/mol. The fraction of sp³-hybridized carbons (Fsp3) is 0.694. The molecule has 0 radical (unpaired) electrons. The van der Waals surface area contributed by atoms with Crippen molar-refractivity contribution >= 4 is 16.0 Å². The van der Waals surface area contributed by atoms with E-state index in [0.29, 0.717) is 12.8 Å². The summed E-state index contributed by atoms with van der Waals surface area (Å²) in [4.78, 5) is 12.5. The van der Waals surface area contributed by atoms with Gasteiger partial charge in [-0.25, -0.2) is 0 Å². The Morgan fingerprint density at radius 1 is 0.636 bits per heavy atom. The molecule has 0 aromatic carbocycles. The highest BCUT2D eigenvalue weighted by Gasteiger charge is 2.27. The van der Waals surface area contributed by atoms with Gasteiger partial charge in [-0.1, -0.05) is 126 Å². The average molecular weight is 638 g/mol. The van der Waals surface area contributed by atoms with Crippen LogP contribution in [0.2, 0.25) is 0 Å². The van der Waals surface area contributed by atoms with Crippen LogP contribution in [-0.4, -0.2) is 53.1 Å². The van der Waals surface area contributed by atoms with Gasteiger partial charge in [0, 0.05) is 0 Å². The number of hydrogen-bond donors (Lipinski definition) is 4. The molecular weight excluding hydrogens is 574 g/mol. The Kier molecular flexibility index (Phi) is 28.3. The maximum Gasteiger partial charge on any atom is 0.267 e. The van der Waals surface area contributed by atoms with Crippen LogP contribution in [0.1, 0.15) is 136 Å². The van der Waals surface area contributed by atoms with Crippen molar-refractivity contribution < 1.29 is 28.0 Å². The summed E-state index contributed by atoms with van der Waals surface area (Å²) in [6.07, 6.45) is 37.0. The van der Waals surface area contributed by atoms with E-state index in [1.54, 1.807) is 6.08 Å². The van der Waals surface area contributed by atoms with Gasteiger partial charge in [-0.3, -0.25) is 9.35 Å². The SMILES string of the molecule is CCCCC/C=C\C=C/CCCCCCCC(O)C(=O)NC(CS(=O)(=O)O)C(O)/C=C/CC/C=C/CC/C=C/CCCCC. The van der Waals surface area contributed by atoms with Crippen LogP contribution in [0, 0.1) is 0 Å². The number of hydrogen-bond acceptors (Lipinski definition) is 5. The second-order valence-electron chi connectivity index (χ2n) is 11.6. The highest BCUT2D eigenvalue weighted by atomic mass is 32.2. The Hall–Kier alpha value is -2.00. The number of aliphatic hydroxyl groups is 2. The minimum absolute atomic E-state index is 0.250. The topological polar surface area (TPSA) is 124 Å². The lowest BCUT2D eigenvalue weighted by molar-refractivity contribution is -0.130. The summed E-state index contributed by atoms with van der Waals surface area (Å²) in [5.74, 6) is -1.59. The van der Waals surface area contributed by atoms with E-state index >= 15 is 0 Å². The Morgan fingerprint density at radius 3 is 1.64 bits per heavy atom. The number of rotatable bonds is 29. The van der Waals surface area contributed by atoms with Crippen molar-refractivity contribution in [2.75, 3.05) is 5.75 Å². The van der Waals surface area contributed by atoms with E-state index in [0.717, 1.165) is 64.2 Å². The van der Waals surface area contributed by atoms with E-state index in [1.807, 2.05) is 0 Å². The zero-order valence-corrected chi connectivity index (χ0v) is 28.4. The lowest BCUT2D eigenvalue weighted by atomic mass is 10.1. The molecule has 3 unspecified atom stereocenters. The van der Waals surface area contributed by atoms with Crippen molar-refractivity contribution in [3.05, 3.63) is 60.8 Å². The predicted molar refractivity (Wildman–Crippen MR) is 185 cm³/mol. The van der Waals surface area contributed by atoms with Crippen molar-refractivity contribution in [1.29, 1.82) is 0 Å². The van der Waals surface area contributed by atoms with E-state index in [2.05, 4.69) is 67.8 Å². The fourth-order valence-corrected chi connectivity index (χ4v) is 5.33. The maximum atomic E-state index is 12.5. The van der Waals surface area contributed by atoms with Crippen molar-refractivity contribution in [2.45, 2.75) is 154 Å². The average Bonchev–Trinajstić information content (AvgIpc) is 2.98. The van der Waals surface area contributed by atoms with Gasteiger partial charge in [0.15, 0.2) is 0 Å². The molecule has 1 amide bonds. The molecule has 0 saturated carbocycles. The normalized spacial score (nSPS) is 14.9. The summed E-state index contributed by atoms with van der Waals surface area (Å²) in [6.45, 7) is 4.41. The molecule has 0 fully saturated rings. The van der Waals surface area contributed by atoms with E-state index < -0.39 is 40.0 Å². The molecule has 0 bridgehead atoms. The number of amides is 1. The summed E-state index contributed by atoms with van der Waals surface area (Å²) in [6, 6.07) is -1.26. The van der Waals surface area contributed by atoms with Gasteiger partial charge in [-0.05, 0) is 70.6 Å². The van der Waals surface area contributed by atoms with Crippen LogP contribution >= 0.6 is 0 Å². The lowest BCUT2D eigenvalue weighted by Crippen LogP contribution is -2.50. The highest BCUT2D eigenvalue weighted by Crippen LogP contribution is 2.11. The largest absolute Gasteiger partial charge is 0.387 e. The van der Waals surface area contributed by atoms with Crippen molar-refractivity contribution in [1.82, 2.24) is 5.32 Å².